The molecule has 0 aromatic carbocycles. The minimum atomic E-state index is -0.205. The first-order chi connectivity index (χ1) is 10.9. The lowest BCUT2D eigenvalue weighted by Crippen LogP contribution is -2.49. The van der Waals surface area contributed by atoms with Gasteiger partial charge in [0.1, 0.15) is 0 Å². The van der Waals surface area contributed by atoms with E-state index in [1.165, 1.54) is 32.2 Å². The average molecular weight is 451 g/mol. The van der Waals surface area contributed by atoms with Crippen LogP contribution in [0.15, 0.2) is 4.99 Å². The number of carbonyl (C=O) groups excluding carboxylic acids is 1. The van der Waals surface area contributed by atoms with Gasteiger partial charge >= 0.3 is 0 Å². The molecule has 1 amide bonds. The Bertz CT molecular complexity index is 427. The molecule has 0 aromatic heterocycles. The summed E-state index contributed by atoms with van der Waals surface area (Å²) in [5, 5.41) is 9.32. The summed E-state index contributed by atoms with van der Waals surface area (Å²) in [6.07, 6.45) is 5.52. The van der Waals surface area contributed by atoms with E-state index in [1.54, 1.807) is 7.05 Å². The first-order valence-electron chi connectivity index (χ1n) is 8.87. The molecule has 0 bridgehead atoms. The summed E-state index contributed by atoms with van der Waals surface area (Å²) in [4.78, 5) is 18.6. The molecule has 6 nitrogen and oxygen atoms in total. The fraction of sp³-hybridized carbons (Fsp3) is 0.882. The standard InChI is InChI=1S/C17H33N5O.HI/c1-17(2,3)21-15(23)11-20-16(18-4)19-9-10-22(14-7-8-14)12-13-5-6-13;/h13-14H,5-12H2,1-4H3,(H,21,23)(H2,18,19,20);1H. The molecule has 2 rings (SSSR count). The number of amides is 1. The third-order valence-corrected chi connectivity index (χ3v) is 4.10. The van der Waals surface area contributed by atoms with Crippen LogP contribution in [0, 0.1) is 5.92 Å². The number of nitrogens with one attached hydrogen (secondary N) is 3. The summed E-state index contributed by atoms with van der Waals surface area (Å²) in [6.45, 7) is 9.34. The van der Waals surface area contributed by atoms with Crippen LogP contribution in [0.4, 0.5) is 0 Å². The van der Waals surface area contributed by atoms with Crippen molar-refractivity contribution in [3.05, 3.63) is 0 Å². The van der Waals surface area contributed by atoms with Gasteiger partial charge in [0.25, 0.3) is 0 Å². The highest BCUT2D eigenvalue weighted by atomic mass is 127. The molecule has 0 unspecified atom stereocenters. The fourth-order valence-corrected chi connectivity index (χ4v) is 2.66. The Morgan fingerprint density at radius 2 is 1.83 bits per heavy atom. The third-order valence-electron chi connectivity index (χ3n) is 4.10. The summed E-state index contributed by atoms with van der Waals surface area (Å²) < 4.78 is 0. The van der Waals surface area contributed by atoms with Crippen LogP contribution in [0.1, 0.15) is 46.5 Å². The minimum absolute atomic E-state index is 0. The van der Waals surface area contributed by atoms with E-state index in [0.717, 1.165) is 25.0 Å². The summed E-state index contributed by atoms with van der Waals surface area (Å²) in [6, 6.07) is 0.810. The molecular weight excluding hydrogens is 417 g/mol. The van der Waals surface area contributed by atoms with E-state index in [2.05, 4.69) is 25.8 Å². The molecule has 140 valence electrons. The second-order valence-corrected chi connectivity index (χ2v) is 7.82. The lowest BCUT2D eigenvalue weighted by molar-refractivity contribution is -0.121. The molecule has 3 N–H and O–H groups in total. The summed E-state index contributed by atoms with van der Waals surface area (Å²) >= 11 is 0. The van der Waals surface area contributed by atoms with Gasteiger partial charge in [0.2, 0.25) is 5.91 Å². The average Bonchev–Trinajstić information content (AvgIpc) is 3.33. The van der Waals surface area contributed by atoms with Crippen molar-refractivity contribution in [2.45, 2.75) is 58.0 Å². The monoisotopic (exact) mass is 451 g/mol. The first-order valence-corrected chi connectivity index (χ1v) is 8.87. The van der Waals surface area contributed by atoms with Crippen LogP contribution < -0.4 is 16.0 Å². The molecule has 2 aliphatic carbocycles. The Hall–Kier alpha value is -0.570. The molecule has 24 heavy (non-hydrogen) atoms. The zero-order valence-electron chi connectivity index (χ0n) is 15.5. The van der Waals surface area contributed by atoms with Crippen LogP contribution in [0.25, 0.3) is 0 Å². The molecule has 7 heteroatoms. The van der Waals surface area contributed by atoms with Crippen LogP contribution in [-0.4, -0.2) is 61.6 Å². The quantitative estimate of drug-likeness (QED) is 0.298. The smallest absolute Gasteiger partial charge is 0.239 e. The van der Waals surface area contributed by atoms with Gasteiger partial charge in [-0.1, -0.05) is 0 Å². The van der Waals surface area contributed by atoms with Crippen LogP contribution in [0.5, 0.6) is 0 Å². The summed E-state index contributed by atoms with van der Waals surface area (Å²) in [5.74, 6) is 1.61. The van der Waals surface area contributed by atoms with E-state index in [4.69, 9.17) is 0 Å². The largest absolute Gasteiger partial charge is 0.355 e. The molecular formula is C17H34IN5O. The lowest BCUT2D eigenvalue weighted by Gasteiger charge is -2.23. The maximum Gasteiger partial charge on any atom is 0.239 e. The van der Waals surface area contributed by atoms with Crippen molar-refractivity contribution in [3.8, 4) is 0 Å². The van der Waals surface area contributed by atoms with Crippen molar-refractivity contribution in [2.24, 2.45) is 10.9 Å². The lowest BCUT2D eigenvalue weighted by atomic mass is 10.1. The highest BCUT2D eigenvalue weighted by molar-refractivity contribution is 14.0. The summed E-state index contributed by atoms with van der Waals surface area (Å²) in [5.41, 5.74) is -0.205. The molecule has 0 saturated heterocycles. The predicted octanol–water partition coefficient (Wildman–Crippen LogP) is 1.56. The van der Waals surface area contributed by atoms with E-state index in [0.29, 0.717) is 5.96 Å². The van der Waals surface area contributed by atoms with Gasteiger partial charge in [-0.2, -0.15) is 0 Å². The Morgan fingerprint density at radius 3 is 2.33 bits per heavy atom. The Kier molecular flexibility index (Phi) is 8.76. The van der Waals surface area contributed by atoms with Gasteiger partial charge in [0, 0.05) is 38.3 Å². The molecule has 2 aliphatic rings. The molecule has 0 aliphatic heterocycles. The number of hydrogen-bond acceptors (Lipinski definition) is 3. The Labute approximate surface area is 163 Å². The van der Waals surface area contributed by atoms with E-state index in [-0.39, 0.29) is 42.0 Å². The Balaban J connectivity index is 0.00000288. The van der Waals surface area contributed by atoms with Crippen molar-refractivity contribution in [1.82, 2.24) is 20.9 Å². The number of guanidine groups is 1. The van der Waals surface area contributed by atoms with Gasteiger partial charge in [-0.05, 0) is 52.4 Å². The van der Waals surface area contributed by atoms with Crippen LogP contribution in [0.2, 0.25) is 0 Å². The van der Waals surface area contributed by atoms with Crippen molar-refractivity contribution in [2.75, 3.05) is 33.2 Å². The second kappa shape index (κ2) is 9.79. The minimum Gasteiger partial charge on any atom is -0.355 e. The number of aliphatic imine (C=N–C) groups is 1. The van der Waals surface area contributed by atoms with Crippen molar-refractivity contribution in [3.63, 3.8) is 0 Å². The molecule has 0 aromatic rings. The number of nitrogens with zero attached hydrogens (tertiary/aromatic N) is 2. The maximum atomic E-state index is 11.8. The number of hydrogen-bond donors (Lipinski definition) is 3. The van der Waals surface area contributed by atoms with Crippen LogP contribution in [0.3, 0.4) is 0 Å². The van der Waals surface area contributed by atoms with Gasteiger partial charge < -0.3 is 16.0 Å². The molecule has 0 radical (unpaired) electrons. The fourth-order valence-electron chi connectivity index (χ4n) is 2.66. The number of halogens is 1. The van der Waals surface area contributed by atoms with Crippen molar-refractivity contribution in [1.29, 1.82) is 0 Å². The van der Waals surface area contributed by atoms with Gasteiger partial charge in [-0.15, -0.1) is 24.0 Å². The van der Waals surface area contributed by atoms with E-state index >= 15 is 0 Å². The molecule has 0 spiro atoms. The van der Waals surface area contributed by atoms with E-state index < -0.39 is 0 Å². The topological polar surface area (TPSA) is 68.8 Å². The van der Waals surface area contributed by atoms with E-state index in [9.17, 15) is 4.79 Å². The highest BCUT2D eigenvalue weighted by Gasteiger charge is 2.33. The summed E-state index contributed by atoms with van der Waals surface area (Å²) in [7, 11) is 1.74. The van der Waals surface area contributed by atoms with Gasteiger partial charge in [-0.25, -0.2) is 0 Å². The molecule has 2 saturated carbocycles. The van der Waals surface area contributed by atoms with Gasteiger partial charge in [0.15, 0.2) is 5.96 Å². The highest BCUT2D eigenvalue weighted by Crippen LogP contribution is 2.34. The molecule has 2 fully saturated rings. The second-order valence-electron chi connectivity index (χ2n) is 7.82. The predicted molar refractivity (Wildman–Crippen MR) is 110 cm³/mol. The zero-order valence-corrected chi connectivity index (χ0v) is 17.9. The van der Waals surface area contributed by atoms with Gasteiger partial charge in [-0.3, -0.25) is 14.7 Å². The Morgan fingerprint density at radius 1 is 1.17 bits per heavy atom. The maximum absolute atomic E-state index is 11.8. The van der Waals surface area contributed by atoms with Crippen molar-refractivity contribution < 1.29 is 4.79 Å². The molecule has 0 atom stereocenters. The normalized spacial score (nSPS) is 18.1. The number of carbonyl (C=O) groups is 1. The van der Waals surface area contributed by atoms with Crippen molar-refractivity contribution >= 4 is 35.8 Å². The third kappa shape index (κ3) is 9.05. The first kappa shape index (κ1) is 21.5. The molecule has 0 heterocycles. The van der Waals surface area contributed by atoms with Crippen LogP contribution in [-0.2, 0) is 4.79 Å². The number of rotatable bonds is 8. The SMILES string of the molecule is CN=C(NCCN(CC1CC1)C1CC1)NCC(=O)NC(C)(C)C.I. The van der Waals surface area contributed by atoms with Gasteiger partial charge in [0.05, 0.1) is 6.54 Å². The zero-order chi connectivity index (χ0) is 16.9. The van der Waals surface area contributed by atoms with Crippen LogP contribution >= 0.6 is 24.0 Å². The van der Waals surface area contributed by atoms with E-state index in [1.807, 2.05) is 20.8 Å².